The number of fused-ring (bicyclic) bond motifs is 1. The van der Waals surface area contributed by atoms with Gasteiger partial charge in [-0.2, -0.15) is 0 Å². The van der Waals surface area contributed by atoms with E-state index in [1.54, 1.807) is 16.7 Å². The number of amides is 2. The molecule has 27 heavy (non-hydrogen) atoms. The Morgan fingerprint density at radius 2 is 2.00 bits per heavy atom. The first-order chi connectivity index (χ1) is 12.8. The van der Waals surface area contributed by atoms with Crippen LogP contribution in [0.1, 0.15) is 36.5 Å². The Morgan fingerprint density at radius 3 is 2.78 bits per heavy atom. The van der Waals surface area contributed by atoms with Gasteiger partial charge in [0.1, 0.15) is 6.04 Å². The van der Waals surface area contributed by atoms with E-state index < -0.39 is 6.04 Å². The Morgan fingerprint density at radius 1 is 1.26 bits per heavy atom. The summed E-state index contributed by atoms with van der Waals surface area (Å²) < 4.78 is 0. The zero-order valence-corrected chi connectivity index (χ0v) is 17.6. The van der Waals surface area contributed by atoms with Crippen molar-refractivity contribution in [2.75, 3.05) is 11.1 Å². The van der Waals surface area contributed by atoms with Crippen molar-refractivity contribution >= 4 is 40.0 Å². The topological polar surface area (TPSA) is 62.3 Å². The monoisotopic (exact) mass is 401 g/mol. The number of thioether (sulfide) groups is 1. The summed E-state index contributed by atoms with van der Waals surface area (Å²) in [6.07, 6.45) is 1.34. The molecule has 2 amide bonds. The van der Waals surface area contributed by atoms with Gasteiger partial charge in [0, 0.05) is 23.1 Å². The third-order valence-corrected chi connectivity index (χ3v) is 7.86. The maximum absolute atomic E-state index is 12.8. The number of nitrogens with one attached hydrogen (secondary N) is 1. The molecule has 2 atom stereocenters. The van der Waals surface area contributed by atoms with Crippen molar-refractivity contribution in [3.8, 4) is 11.3 Å². The lowest BCUT2D eigenvalue weighted by Crippen LogP contribution is -2.48. The second-order valence-electron chi connectivity index (χ2n) is 7.54. The predicted octanol–water partition coefficient (Wildman–Crippen LogP) is 4.13. The van der Waals surface area contributed by atoms with Crippen molar-refractivity contribution in [1.29, 1.82) is 0 Å². The Hall–Kier alpha value is -1.86. The second-order valence-corrected chi connectivity index (χ2v) is 9.90. The molecule has 7 heteroatoms. The van der Waals surface area contributed by atoms with Crippen molar-refractivity contribution in [3.05, 3.63) is 34.2 Å². The van der Waals surface area contributed by atoms with E-state index >= 15 is 0 Å². The molecule has 3 heterocycles. The highest BCUT2D eigenvalue weighted by molar-refractivity contribution is 8.01. The van der Waals surface area contributed by atoms with Crippen LogP contribution in [0.4, 0.5) is 5.13 Å². The molecule has 0 aliphatic carbocycles. The van der Waals surface area contributed by atoms with Gasteiger partial charge < -0.3 is 10.2 Å². The van der Waals surface area contributed by atoms with E-state index in [-0.39, 0.29) is 16.7 Å². The van der Waals surface area contributed by atoms with Crippen molar-refractivity contribution in [3.63, 3.8) is 0 Å². The van der Waals surface area contributed by atoms with Gasteiger partial charge in [-0.1, -0.05) is 6.07 Å². The zero-order valence-electron chi connectivity index (χ0n) is 16.0. The lowest BCUT2D eigenvalue weighted by molar-refractivity contribution is -0.135. The summed E-state index contributed by atoms with van der Waals surface area (Å²) in [6, 6.07) is 3.90. The van der Waals surface area contributed by atoms with Gasteiger partial charge in [0.25, 0.3) is 0 Å². The third-order valence-electron chi connectivity index (χ3n) is 5.60. The van der Waals surface area contributed by atoms with E-state index in [0.717, 1.165) is 17.7 Å². The molecule has 0 bridgehead atoms. The first kappa shape index (κ1) is 18.5. The normalized spacial score (nSPS) is 24.4. The molecule has 0 radical (unpaired) electrons. The van der Waals surface area contributed by atoms with Gasteiger partial charge in [0.05, 0.1) is 10.6 Å². The molecule has 0 saturated carbocycles. The molecule has 2 fully saturated rings. The highest BCUT2D eigenvalue weighted by Crippen LogP contribution is 2.47. The molecular formula is C20H23N3O2S2. The van der Waals surface area contributed by atoms with Crippen LogP contribution in [0.15, 0.2) is 17.5 Å². The van der Waals surface area contributed by atoms with Crippen LogP contribution in [0.5, 0.6) is 0 Å². The van der Waals surface area contributed by atoms with Crippen LogP contribution in [-0.4, -0.2) is 38.4 Å². The SMILES string of the molecule is Cc1cc(C)c(-c2csc(NC(=O)[C@@H]3CS[C@]4(C)CCC(=O)N34)n2)cc1C. The van der Waals surface area contributed by atoms with E-state index in [9.17, 15) is 9.59 Å². The van der Waals surface area contributed by atoms with E-state index in [2.05, 4.69) is 50.1 Å². The Balaban J connectivity index is 1.53. The van der Waals surface area contributed by atoms with Gasteiger partial charge in [-0.05, 0) is 56.9 Å². The highest BCUT2D eigenvalue weighted by atomic mass is 32.2. The smallest absolute Gasteiger partial charge is 0.249 e. The molecule has 1 aromatic carbocycles. The number of hydrogen-bond donors (Lipinski definition) is 1. The fraction of sp³-hybridized carbons (Fsp3) is 0.450. The largest absolute Gasteiger partial charge is 0.315 e. The summed E-state index contributed by atoms with van der Waals surface area (Å²) in [5.41, 5.74) is 5.63. The van der Waals surface area contributed by atoms with Crippen molar-refractivity contribution in [2.24, 2.45) is 0 Å². The molecule has 0 spiro atoms. The molecule has 4 rings (SSSR count). The van der Waals surface area contributed by atoms with Crippen LogP contribution in [0.3, 0.4) is 0 Å². The van der Waals surface area contributed by atoms with Crippen LogP contribution in [0.25, 0.3) is 11.3 Å². The number of rotatable bonds is 3. The molecule has 5 nitrogen and oxygen atoms in total. The number of aromatic nitrogens is 1. The van der Waals surface area contributed by atoms with E-state index in [4.69, 9.17) is 0 Å². The maximum atomic E-state index is 12.8. The molecule has 2 aliphatic rings. The summed E-state index contributed by atoms with van der Waals surface area (Å²) in [6.45, 7) is 8.33. The van der Waals surface area contributed by atoms with E-state index in [1.165, 1.54) is 28.0 Å². The molecule has 2 aromatic rings. The minimum Gasteiger partial charge on any atom is -0.315 e. The summed E-state index contributed by atoms with van der Waals surface area (Å²) in [5, 5.41) is 5.49. The van der Waals surface area contributed by atoms with Gasteiger partial charge in [0.2, 0.25) is 11.8 Å². The van der Waals surface area contributed by atoms with Crippen LogP contribution < -0.4 is 5.32 Å². The fourth-order valence-electron chi connectivity index (χ4n) is 3.89. The Bertz CT molecular complexity index is 939. The minimum absolute atomic E-state index is 0.0771. The molecule has 0 unspecified atom stereocenters. The highest BCUT2D eigenvalue weighted by Gasteiger charge is 2.52. The average Bonchev–Trinajstić information content (AvgIpc) is 3.27. The number of aryl methyl sites for hydroxylation is 3. The summed E-state index contributed by atoms with van der Waals surface area (Å²) in [5.74, 6) is 0.579. The average molecular weight is 402 g/mol. The van der Waals surface area contributed by atoms with Crippen molar-refractivity contribution in [2.45, 2.75) is 51.4 Å². The lowest BCUT2D eigenvalue weighted by Gasteiger charge is -2.29. The van der Waals surface area contributed by atoms with Gasteiger partial charge in [-0.3, -0.25) is 9.59 Å². The molecule has 2 saturated heterocycles. The molecular weight excluding hydrogens is 378 g/mol. The van der Waals surface area contributed by atoms with Crippen LogP contribution in [0, 0.1) is 20.8 Å². The van der Waals surface area contributed by atoms with Gasteiger partial charge in [-0.25, -0.2) is 4.98 Å². The van der Waals surface area contributed by atoms with Crippen LogP contribution >= 0.6 is 23.1 Å². The maximum Gasteiger partial charge on any atom is 0.249 e. The quantitative estimate of drug-likeness (QED) is 0.840. The van der Waals surface area contributed by atoms with Gasteiger partial charge >= 0.3 is 0 Å². The van der Waals surface area contributed by atoms with Gasteiger partial charge in [0.15, 0.2) is 5.13 Å². The van der Waals surface area contributed by atoms with Crippen molar-refractivity contribution in [1.82, 2.24) is 9.88 Å². The first-order valence-corrected chi connectivity index (χ1v) is 11.0. The molecule has 1 N–H and O–H groups in total. The standard InChI is InChI=1S/C20H23N3O2S2/c1-11-7-13(3)14(8-12(11)2)15-9-26-19(21-15)22-18(25)16-10-27-20(4)6-5-17(24)23(16)20/h7-9,16H,5-6,10H2,1-4H3,(H,21,22,25)/t16-,20+/m0/s1. The Kier molecular flexibility index (Phi) is 4.55. The molecule has 1 aromatic heterocycles. The zero-order chi connectivity index (χ0) is 19.3. The molecule has 2 aliphatic heterocycles. The van der Waals surface area contributed by atoms with Gasteiger partial charge in [-0.15, -0.1) is 23.1 Å². The summed E-state index contributed by atoms with van der Waals surface area (Å²) in [4.78, 5) is 31.2. The van der Waals surface area contributed by atoms with Crippen LogP contribution in [0.2, 0.25) is 0 Å². The predicted molar refractivity (Wildman–Crippen MR) is 111 cm³/mol. The van der Waals surface area contributed by atoms with E-state index in [1.807, 2.05) is 5.38 Å². The van der Waals surface area contributed by atoms with Crippen LogP contribution in [-0.2, 0) is 9.59 Å². The number of carbonyl (C=O) groups is 2. The van der Waals surface area contributed by atoms with E-state index in [0.29, 0.717) is 17.3 Å². The first-order valence-electron chi connectivity index (χ1n) is 9.09. The molecule has 142 valence electrons. The lowest BCUT2D eigenvalue weighted by atomic mass is 9.99. The summed E-state index contributed by atoms with van der Waals surface area (Å²) >= 11 is 3.12. The second kappa shape index (κ2) is 6.63. The fourth-order valence-corrected chi connectivity index (χ4v) is 6.04. The third kappa shape index (κ3) is 3.17. The number of hydrogen-bond acceptors (Lipinski definition) is 5. The Labute approximate surface area is 167 Å². The number of anilines is 1. The number of thiazole rings is 1. The minimum atomic E-state index is -0.411. The number of carbonyl (C=O) groups excluding carboxylic acids is 2. The van der Waals surface area contributed by atoms with Crippen molar-refractivity contribution < 1.29 is 9.59 Å². The number of benzene rings is 1. The number of nitrogens with zero attached hydrogens (tertiary/aromatic N) is 2. The summed E-state index contributed by atoms with van der Waals surface area (Å²) in [7, 11) is 0.